The molecule has 0 aliphatic carbocycles. The largest absolute Gasteiger partial charge is 0.478 e. The summed E-state index contributed by atoms with van der Waals surface area (Å²) in [5.74, 6) is -2.13. The SMILES string of the molecule is CC(=O)NCCNCc1ccc(C(=O)O)c(F)c1. The van der Waals surface area contributed by atoms with E-state index in [9.17, 15) is 14.0 Å². The maximum Gasteiger partial charge on any atom is 0.338 e. The van der Waals surface area contributed by atoms with Crippen LogP contribution >= 0.6 is 0 Å². The molecule has 0 aliphatic rings. The van der Waals surface area contributed by atoms with Crippen molar-refractivity contribution in [1.29, 1.82) is 0 Å². The fraction of sp³-hybridized carbons (Fsp3) is 0.333. The summed E-state index contributed by atoms with van der Waals surface area (Å²) in [7, 11) is 0. The fourth-order valence-electron chi connectivity index (χ4n) is 1.40. The Morgan fingerprint density at radius 1 is 1.33 bits per heavy atom. The minimum atomic E-state index is -1.28. The number of carbonyl (C=O) groups excluding carboxylic acids is 1. The van der Waals surface area contributed by atoms with Gasteiger partial charge in [-0.1, -0.05) is 6.07 Å². The van der Waals surface area contributed by atoms with E-state index in [1.54, 1.807) is 6.07 Å². The van der Waals surface area contributed by atoms with Gasteiger partial charge in [0.05, 0.1) is 5.56 Å². The Balaban J connectivity index is 2.42. The zero-order valence-electron chi connectivity index (χ0n) is 10.00. The predicted octanol–water partition coefficient (Wildman–Crippen LogP) is 0.750. The van der Waals surface area contributed by atoms with Gasteiger partial charge in [-0.15, -0.1) is 0 Å². The molecule has 1 aromatic carbocycles. The van der Waals surface area contributed by atoms with Crippen LogP contribution < -0.4 is 10.6 Å². The van der Waals surface area contributed by atoms with Crippen LogP contribution in [0.25, 0.3) is 0 Å². The van der Waals surface area contributed by atoms with Crippen molar-refractivity contribution < 1.29 is 19.1 Å². The molecule has 0 unspecified atom stereocenters. The molecule has 1 rings (SSSR count). The van der Waals surface area contributed by atoms with Crippen molar-refractivity contribution >= 4 is 11.9 Å². The van der Waals surface area contributed by atoms with Crippen LogP contribution in [-0.4, -0.2) is 30.1 Å². The Kier molecular flexibility index (Phi) is 5.26. The Morgan fingerprint density at radius 2 is 2.06 bits per heavy atom. The molecule has 98 valence electrons. The van der Waals surface area contributed by atoms with E-state index in [0.717, 1.165) is 0 Å². The van der Waals surface area contributed by atoms with Gasteiger partial charge >= 0.3 is 5.97 Å². The summed E-state index contributed by atoms with van der Waals surface area (Å²) in [4.78, 5) is 21.2. The van der Waals surface area contributed by atoms with Crippen molar-refractivity contribution in [2.24, 2.45) is 0 Å². The Labute approximate surface area is 104 Å². The van der Waals surface area contributed by atoms with Gasteiger partial charge in [0.1, 0.15) is 5.82 Å². The monoisotopic (exact) mass is 254 g/mol. The number of aromatic carboxylic acids is 1. The third-order valence-electron chi connectivity index (χ3n) is 2.27. The van der Waals surface area contributed by atoms with E-state index in [-0.39, 0.29) is 11.5 Å². The zero-order chi connectivity index (χ0) is 13.5. The Bertz CT molecular complexity index is 449. The highest BCUT2D eigenvalue weighted by atomic mass is 19.1. The van der Waals surface area contributed by atoms with Crippen molar-refractivity contribution in [1.82, 2.24) is 10.6 Å². The van der Waals surface area contributed by atoms with Crippen molar-refractivity contribution in [3.8, 4) is 0 Å². The summed E-state index contributed by atoms with van der Waals surface area (Å²) in [6.45, 7) is 2.89. The molecule has 0 aromatic heterocycles. The van der Waals surface area contributed by atoms with Crippen molar-refractivity contribution in [3.63, 3.8) is 0 Å². The molecule has 1 aromatic rings. The summed E-state index contributed by atoms with van der Waals surface area (Å²) in [6, 6.07) is 3.98. The summed E-state index contributed by atoms with van der Waals surface area (Å²) in [5, 5.41) is 14.3. The highest BCUT2D eigenvalue weighted by Crippen LogP contribution is 2.10. The fourth-order valence-corrected chi connectivity index (χ4v) is 1.40. The minimum Gasteiger partial charge on any atom is -0.478 e. The molecule has 0 atom stereocenters. The lowest BCUT2D eigenvalue weighted by Crippen LogP contribution is -2.29. The number of carboxylic acid groups (broad SMARTS) is 1. The van der Waals surface area contributed by atoms with Crippen molar-refractivity contribution in [3.05, 3.63) is 35.1 Å². The number of benzene rings is 1. The normalized spacial score (nSPS) is 10.1. The standard InChI is InChI=1S/C12H15FN2O3/c1-8(16)15-5-4-14-7-9-2-3-10(12(17)18)11(13)6-9/h2-3,6,14H,4-5,7H2,1H3,(H,15,16)(H,17,18). The molecule has 3 N–H and O–H groups in total. The van der Waals surface area contributed by atoms with Crippen LogP contribution in [0.1, 0.15) is 22.8 Å². The van der Waals surface area contributed by atoms with Gasteiger partial charge in [0.15, 0.2) is 0 Å². The van der Waals surface area contributed by atoms with Gasteiger partial charge in [-0.25, -0.2) is 9.18 Å². The number of rotatable bonds is 6. The van der Waals surface area contributed by atoms with Crippen LogP contribution in [-0.2, 0) is 11.3 Å². The molecule has 5 nitrogen and oxygen atoms in total. The van der Waals surface area contributed by atoms with Crippen LogP contribution in [0, 0.1) is 5.82 Å². The number of amides is 1. The van der Waals surface area contributed by atoms with Crippen LogP contribution in [0.4, 0.5) is 4.39 Å². The smallest absolute Gasteiger partial charge is 0.338 e. The second-order valence-electron chi connectivity index (χ2n) is 3.78. The predicted molar refractivity (Wildman–Crippen MR) is 63.7 cm³/mol. The number of hydrogen-bond acceptors (Lipinski definition) is 3. The third-order valence-corrected chi connectivity index (χ3v) is 2.27. The quantitative estimate of drug-likeness (QED) is 0.655. The number of hydrogen-bond donors (Lipinski definition) is 3. The average Bonchev–Trinajstić information content (AvgIpc) is 2.27. The van der Waals surface area contributed by atoms with Gasteiger partial charge < -0.3 is 15.7 Å². The first-order valence-corrected chi connectivity index (χ1v) is 5.47. The van der Waals surface area contributed by atoms with Gasteiger partial charge in [-0.2, -0.15) is 0 Å². The van der Waals surface area contributed by atoms with Gasteiger partial charge in [0, 0.05) is 26.6 Å². The van der Waals surface area contributed by atoms with E-state index in [1.807, 2.05) is 0 Å². The van der Waals surface area contributed by atoms with Gasteiger partial charge in [0.25, 0.3) is 0 Å². The second kappa shape index (κ2) is 6.70. The average molecular weight is 254 g/mol. The molecule has 0 saturated heterocycles. The van der Waals surface area contributed by atoms with Gasteiger partial charge in [-0.05, 0) is 17.7 Å². The lowest BCUT2D eigenvalue weighted by Gasteiger charge is -2.06. The minimum absolute atomic E-state index is 0.103. The molecular formula is C12H15FN2O3. The topological polar surface area (TPSA) is 78.4 Å². The molecule has 1 amide bonds. The summed E-state index contributed by atoms with van der Waals surface area (Å²) < 4.78 is 13.3. The maximum absolute atomic E-state index is 13.3. The zero-order valence-corrected chi connectivity index (χ0v) is 10.00. The molecule has 6 heteroatoms. The van der Waals surface area contributed by atoms with Gasteiger partial charge in [-0.3, -0.25) is 4.79 Å². The second-order valence-corrected chi connectivity index (χ2v) is 3.78. The lowest BCUT2D eigenvalue weighted by atomic mass is 10.1. The first kappa shape index (κ1) is 14.1. The van der Waals surface area contributed by atoms with E-state index in [0.29, 0.717) is 25.2 Å². The number of halogens is 1. The molecule has 0 saturated carbocycles. The van der Waals surface area contributed by atoms with E-state index in [1.165, 1.54) is 19.1 Å². The van der Waals surface area contributed by atoms with E-state index in [4.69, 9.17) is 5.11 Å². The first-order chi connectivity index (χ1) is 8.50. The van der Waals surface area contributed by atoms with Crippen molar-refractivity contribution in [2.45, 2.75) is 13.5 Å². The highest BCUT2D eigenvalue weighted by Gasteiger charge is 2.09. The molecule has 0 bridgehead atoms. The lowest BCUT2D eigenvalue weighted by molar-refractivity contribution is -0.118. The van der Waals surface area contributed by atoms with E-state index in [2.05, 4.69) is 10.6 Å². The molecular weight excluding hydrogens is 239 g/mol. The van der Waals surface area contributed by atoms with Crippen LogP contribution in [0.3, 0.4) is 0 Å². The number of carbonyl (C=O) groups is 2. The molecule has 0 fully saturated rings. The molecule has 0 aliphatic heterocycles. The van der Waals surface area contributed by atoms with Crippen molar-refractivity contribution in [2.75, 3.05) is 13.1 Å². The molecule has 0 heterocycles. The van der Waals surface area contributed by atoms with E-state index >= 15 is 0 Å². The van der Waals surface area contributed by atoms with Crippen LogP contribution in [0.5, 0.6) is 0 Å². The maximum atomic E-state index is 13.3. The van der Waals surface area contributed by atoms with Crippen LogP contribution in [0.15, 0.2) is 18.2 Å². The third kappa shape index (κ3) is 4.50. The Hall–Kier alpha value is -1.95. The molecule has 18 heavy (non-hydrogen) atoms. The van der Waals surface area contributed by atoms with Crippen LogP contribution in [0.2, 0.25) is 0 Å². The first-order valence-electron chi connectivity index (χ1n) is 5.47. The van der Waals surface area contributed by atoms with E-state index < -0.39 is 11.8 Å². The molecule has 0 spiro atoms. The highest BCUT2D eigenvalue weighted by molar-refractivity contribution is 5.87. The van der Waals surface area contributed by atoms with Gasteiger partial charge in [0.2, 0.25) is 5.91 Å². The summed E-state index contributed by atoms with van der Waals surface area (Å²) >= 11 is 0. The summed E-state index contributed by atoms with van der Waals surface area (Å²) in [6.07, 6.45) is 0. The number of carboxylic acids is 1. The Morgan fingerprint density at radius 3 is 2.61 bits per heavy atom. The molecule has 0 radical (unpaired) electrons. The number of nitrogens with one attached hydrogen (secondary N) is 2. The summed E-state index contributed by atoms with van der Waals surface area (Å²) in [5.41, 5.74) is 0.317.